The number of carbonyl (C=O) groups is 2. The van der Waals surface area contributed by atoms with Crippen molar-refractivity contribution in [1.29, 1.82) is 0 Å². The lowest BCUT2D eigenvalue weighted by molar-refractivity contribution is -0.120. The van der Waals surface area contributed by atoms with E-state index in [1.807, 2.05) is 12.1 Å². The molecule has 1 aromatic carbocycles. The summed E-state index contributed by atoms with van der Waals surface area (Å²) in [5, 5.41) is 2.53. The van der Waals surface area contributed by atoms with Crippen LogP contribution in [0.1, 0.15) is 35.7 Å². The van der Waals surface area contributed by atoms with E-state index >= 15 is 0 Å². The van der Waals surface area contributed by atoms with E-state index in [4.69, 9.17) is 6.42 Å². The monoisotopic (exact) mass is 243 g/mol. The molecular weight excluding hydrogens is 226 g/mol. The number of amides is 1. The van der Waals surface area contributed by atoms with Crippen LogP contribution in [0.5, 0.6) is 0 Å². The number of hydrogen-bond acceptors (Lipinski definition) is 2. The van der Waals surface area contributed by atoms with E-state index in [0.29, 0.717) is 5.56 Å². The fourth-order valence-electron chi connectivity index (χ4n) is 1.54. The quantitative estimate of drug-likeness (QED) is 0.613. The van der Waals surface area contributed by atoms with Crippen molar-refractivity contribution in [2.24, 2.45) is 0 Å². The maximum Gasteiger partial charge on any atom is 0.221 e. The van der Waals surface area contributed by atoms with Gasteiger partial charge in [0, 0.05) is 18.4 Å². The molecule has 1 rings (SSSR count). The van der Waals surface area contributed by atoms with Crippen LogP contribution in [0.25, 0.3) is 0 Å². The second-order valence-corrected chi connectivity index (χ2v) is 3.95. The third-order valence-corrected chi connectivity index (χ3v) is 2.65. The van der Waals surface area contributed by atoms with Crippen molar-refractivity contribution in [3.8, 4) is 12.3 Å². The highest BCUT2D eigenvalue weighted by Crippen LogP contribution is 2.08. The van der Waals surface area contributed by atoms with Crippen LogP contribution in [0, 0.1) is 12.3 Å². The molecule has 0 spiro atoms. The van der Waals surface area contributed by atoms with Crippen LogP contribution in [-0.4, -0.2) is 18.2 Å². The number of rotatable bonds is 6. The van der Waals surface area contributed by atoms with Crippen molar-refractivity contribution in [3.05, 3.63) is 35.4 Å². The molecule has 3 heteroatoms. The molecule has 0 aromatic heterocycles. The lowest BCUT2D eigenvalue weighted by Gasteiger charge is -2.03. The SMILES string of the molecule is C#CCNC(=O)CCC(=O)c1ccc(CC)cc1. The van der Waals surface area contributed by atoms with Crippen molar-refractivity contribution in [3.63, 3.8) is 0 Å². The van der Waals surface area contributed by atoms with Gasteiger partial charge < -0.3 is 5.32 Å². The van der Waals surface area contributed by atoms with Gasteiger partial charge in [-0.25, -0.2) is 0 Å². The van der Waals surface area contributed by atoms with Crippen molar-refractivity contribution in [1.82, 2.24) is 5.32 Å². The van der Waals surface area contributed by atoms with Gasteiger partial charge in [0.1, 0.15) is 0 Å². The van der Waals surface area contributed by atoms with E-state index in [-0.39, 0.29) is 31.1 Å². The normalized spacial score (nSPS) is 9.56. The summed E-state index contributed by atoms with van der Waals surface area (Å²) in [5.74, 6) is 2.11. The summed E-state index contributed by atoms with van der Waals surface area (Å²) >= 11 is 0. The molecule has 0 fully saturated rings. The molecule has 0 aliphatic carbocycles. The van der Waals surface area contributed by atoms with Gasteiger partial charge in [0.15, 0.2) is 5.78 Å². The molecule has 94 valence electrons. The van der Waals surface area contributed by atoms with Crippen LogP contribution in [0.3, 0.4) is 0 Å². The van der Waals surface area contributed by atoms with Gasteiger partial charge in [0.25, 0.3) is 0 Å². The molecule has 0 aliphatic heterocycles. The lowest BCUT2D eigenvalue weighted by Crippen LogP contribution is -2.23. The number of Topliss-reactive ketones (excluding diaryl/α,β-unsaturated/α-hetero) is 1. The van der Waals surface area contributed by atoms with E-state index in [1.165, 1.54) is 5.56 Å². The zero-order valence-electron chi connectivity index (χ0n) is 10.5. The van der Waals surface area contributed by atoms with Crippen LogP contribution in [0.15, 0.2) is 24.3 Å². The predicted molar refractivity (Wildman–Crippen MR) is 71.2 cm³/mol. The summed E-state index contributed by atoms with van der Waals surface area (Å²) in [6.07, 6.45) is 6.35. The molecule has 1 N–H and O–H groups in total. The highest BCUT2D eigenvalue weighted by Gasteiger charge is 2.08. The van der Waals surface area contributed by atoms with Crippen LogP contribution in [0.2, 0.25) is 0 Å². The summed E-state index contributed by atoms with van der Waals surface area (Å²) in [4.78, 5) is 23.1. The predicted octanol–water partition coefficient (Wildman–Crippen LogP) is 1.96. The minimum absolute atomic E-state index is 0.0199. The van der Waals surface area contributed by atoms with Crippen molar-refractivity contribution < 1.29 is 9.59 Å². The standard InChI is InChI=1S/C15H17NO2/c1-3-11-16-15(18)10-9-14(17)13-7-5-12(4-2)6-8-13/h1,5-8H,4,9-11H2,2H3,(H,16,18). The first-order valence-electron chi connectivity index (χ1n) is 5.99. The van der Waals surface area contributed by atoms with Gasteiger partial charge in [-0.15, -0.1) is 6.42 Å². The Morgan fingerprint density at radius 1 is 1.22 bits per heavy atom. The second-order valence-electron chi connectivity index (χ2n) is 3.95. The number of carbonyl (C=O) groups excluding carboxylic acids is 2. The molecule has 0 atom stereocenters. The Kier molecular flexibility index (Phi) is 5.66. The third kappa shape index (κ3) is 4.42. The second kappa shape index (κ2) is 7.29. The molecule has 0 heterocycles. The number of nitrogens with one attached hydrogen (secondary N) is 1. The average Bonchev–Trinajstić information content (AvgIpc) is 2.42. The van der Waals surface area contributed by atoms with E-state index in [0.717, 1.165) is 6.42 Å². The first-order valence-corrected chi connectivity index (χ1v) is 5.99. The largest absolute Gasteiger partial charge is 0.345 e. The minimum Gasteiger partial charge on any atom is -0.345 e. The maximum atomic E-state index is 11.8. The van der Waals surface area contributed by atoms with E-state index in [2.05, 4.69) is 18.2 Å². The Morgan fingerprint density at radius 3 is 2.44 bits per heavy atom. The first kappa shape index (κ1) is 14.0. The smallest absolute Gasteiger partial charge is 0.221 e. The van der Waals surface area contributed by atoms with Crippen LogP contribution >= 0.6 is 0 Å². The van der Waals surface area contributed by atoms with Gasteiger partial charge in [-0.2, -0.15) is 0 Å². The third-order valence-electron chi connectivity index (χ3n) is 2.65. The molecule has 1 aromatic rings. The number of benzene rings is 1. The van der Waals surface area contributed by atoms with Crippen molar-refractivity contribution in [2.45, 2.75) is 26.2 Å². The summed E-state index contributed by atoms with van der Waals surface area (Å²) in [5.41, 5.74) is 1.84. The Bertz CT molecular complexity index is 454. The zero-order chi connectivity index (χ0) is 13.4. The number of ketones is 1. The first-order chi connectivity index (χ1) is 8.67. The molecular formula is C15H17NO2. The summed E-state index contributed by atoms with van der Waals surface area (Å²) in [6, 6.07) is 7.48. The molecule has 0 unspecified atom stereocenters. The Morgan fingerprint density at radius 2 is 1.89 bits per heavy atom. The number of hydrogen-bond donors (Lipinski definition) is 1. The molecule has 3 nitrogen and oxygen atoms in total. The van der Waals surface area contributed by atoms with Gasteiger partial charge >= 0.3 is 0 Å². The highest BCUT2D eigenvalue weighted by molar-refractivity contribution is 5.97. The van der Waals surface area contributed by atoms with Crippen LogP contribution in [-0.2, 0) is 11.2 Å². The lowest BCUT2D eigenvalue weighted by atomic mass is 10.0. The van der Waals surface area contributed by atoms with Crippen LogP contribution in [0.4, 0.5) is 0 Å². The molecule has 0 saturated heterocycles. The highest BCUT2D eigenvalue weighted by atomic mass is 16.2. The molecule has 18 heavy (non-hydrogen) atoms. The van der Waals surface area contributed by atoms with Gasteiger partial charge in [-0.05, 0) is 12.0 Å². The average molecular weight is 243 g/mol. The molecule has 0 saturated carbocycles. The van der Waals surface area contributed by atoms with Crippen LogP contribution < -0.4 is 5.32 Å². The van der Waals surface area contributed by atoms with E-state index < -0.39 is 0 Å². The fraction of sp³-hybridized carbons (Fsp3) is 0.333. The van der Waals surface area contributed by atoms with Gasteiger partial charge in [0.2, 0.25) is 5.91 Å². The maximum absolute atomic E-state index is 11.8. The van der Waals surface area contributed by atoms with E-state index in [9.17, 15) is 9.59 Å². The summed E-state index contributed by atoms with van der Waals surface area (Å²) in [7, 11) is 0. The molecule has 1 amide bonds. The minimum atomic E-state index is -0.188. The summed E-state index contributed by atoms with van der Waals surface area (Å²) in [6.45, 7) is 2.27. The topological polar surface area (TPSA) is 46.2 Å². The molecule has 0 aliphatic rings. The number of aryl methyl sites for hydroxylation is 1. The van der Waals surface area contributed by atoms with Crippen molar-refractivity contribution in [2.75, 3.05) is 6.54 Å². The Balaban J connectivity index is 2.45. The van der Waals surface area contributed by atoms with Crippen molar-refractivity contribution >= 4 is 11.7 Å². The van der Waals surface area contributed by atoms with E-state index in [1.54, 1.807) is 12.1 Å². The van der Waals surface area contributed by atoms with Gasteiger partial charge in [-0.3, -0.25) is 9.59 Å². The Labute approximate surface area is 108 Å². The van der Waals surface area contributed by atoms with Gasteiger partial charge in [0.05, 0.1) is 6.54 Å². The Hall–Kier alpha value is -2.08. The summed E-state index contributed by atoms with van der Waals surface area (Å²) < 4.78 is 0. The van der Waals surface area contributed by atoms with Gasteiger partial charge in [-0.1, -0.05) is 37.1 Å². The molecule has 0 bridgehead atoms. The fourth-order valence-corrected chi connectivity index (χ4v) is 1.54. The zero-order valence-corrected chi connectivity index (χ0v) is 10.5. The number of terminal acetylenes is 1. The molecule has 0 radical (unpaired) electrons.